The maximum Gasteiger partial charge on any atom is 0.673 e. The normalized spacial score (nSPS) is 9.43. The summed E-state index contributed by atoms with van der Waals surface area (Å²) in [6.07, 6.45) is 0. The molecule has 0 radical (unpaired) electrons. The van der Waals surface area contributed by atoms with Crippen LogP contribution >= 0.6 is 23.3 Å². The molecule has 0 heterocycles. The van der Waals surface area contributed by atoms with Crippen molar-refractivity contribution in [2.24, 2.45) is 0 Å². The van der Waals surface area contributed by atoms with Crippen LogP contribution in [0.5, 0.6) is 0 Å². The molecule has 46 valence electrons. The average Bonchev–Trinajstić information content (AvgIpc) is 1.36. The standard InChI is InChI=1S/BF4.H2S2/c2-1(3,4)5;1-2/h;1-2H/q-1;. The predicted molar refractivity (Wildman–Crippen MR) is 28.2 cm³/mol. The van der Waals surface area contributed by atoms with Gasteiger partial charge in [0.2, 0.25) is 0 Å². The molecule has 7 heavy (non-hydrogen) atoms. The van der Waals surface area contributed by atoms with Gasteiger partial charge in [0.05, 0.1) is 0 Å². The molecule has 0 spiro atoms. The molecule has 0 aromatic carbocycles. The molecule has 0 rings (SSSR count). The Kier molecular flexibility index (Phi) is 6.93. The van der Waals surface area contributed by atoms with E-state index in [1.807, 2.05) is 0 Å². The monoisotopic (exact) mass is 153 g/mol. The van der Waals surface area contributed by atoms with Crippen LogP contribution in [0, 0.1) is 0 Å². The van der Waals surface area contributed by atoms with Gasteiger partial charge in [0.25, 0.3) is 0 Å². The summed E-state index contributed by atoms with van der Waals surface area (Å²) in [4.78, 5) is 0. The van der Waals surface area contributed by atoms with Crippen LogP contribution in [0.3, 0.4) is 0 Å². The lowest BCUT2D eigenvalue weighted by atomic mass is 10.3. The van der Waals surface area contributed by atoms with Crippen LogP contribution in [-0.4, -0.2) is 7.25 Å². The summed E-state index contributed by atoms with van der Waals surface area (Å²) in [6.45, 7) is 0. The highest BCUT2D eigenvalue weighted by Gasteiger charge is 2.20. The first-order valence-electron chi connectivity index (χ1n) is 1.07. The van der Waals surface area contributed by atoms with E-state index in [0.29, 0.717) is 0 Å². The van der Waals surface area contributed by atoms with Crippen molar-refractivity contribution in [1.82, 2.24) is 0 Å². The Hall–Kier alpha value is 0.485. The van der Waals surface area contributed by atoms with Crippen molar-refractivity contribution >= 4 is 30.6 Å². The Bertz CT molecular complexity index is 25.2. The van der Waals surface area contributed by atoms with Gasteiger partial charge in [-0.05, 0) is 0 Å². The molecule has 0 aromatic rings. The molecule has 0 aliphatic heterocycles. The molecule has 0 aromatic heterocycles. The first kappa shape index (κ1) is 10.5. The van der Waals surface area contributed by atoms with Gasteiger partial charge >= 0.3 is 7.25 Å². The lowest BCUT2D eigenvalue weighted by molar-refractivity contribution is 0.368. The Balaban J connectivity index is 0. The van der Waals surface area contributed by atoms with Crippen LogP contribution in [0.2, 0.25) is 0 Å². The molecule has 0 saturated carbocycles. The van der Waals surface area contributed by atoms with Crippen molar-refractivity contribution in [1.29, 1.82) is 0 Å². The fraction of sp³-hybridized carbons (Fsp3) is 0. The zero-order valence-corrected chi connectivity index (χ0v) is 4.77. The highest BCUT2D eigenvalue weighted by atomic mass is 33.1. The van der Waals surface area contributed by atoms with E-state index in [9.17, 15) is 17.3 Å². The van der Waals surface area contributed by atoms with Crippen molar-refractivity contribution in [2.75, 3.05) is 0 Å². The number of hydrogen-bond donors (Lipinski definition) is 2. The van der Waals surface area contributed by atoms with E-state index in [1.165, 1.54) is 0 Å². The van der Waals surface area contributed by atoms with Gasteiger partial charge in [-0.1, -0.05) is 0 Å². The van der Waals surface area contributed by atoms with E-state index in [4.69, 9.17) is 0 Å². The van der Waals surface area contributed by atoms with Gasteiger partial charge in [0.1, 0.15) is 0 Å². The molecule has 0 N–H and O–H groups in total. The summed E-state index contributed by atoms with van der Waals surface area (Å²) in [5.41, 5.74) is 0. The minimum absolute atomic E-state index is 3.22. The Morgan fingerprint density at radius 2 is 0.857 bits per heavy atom. The number of rotatable bonds is 0. The van der Waals surface area contributed by atoms with Crippen molar-refractivity contribution in [2.45, 2.75) is 0 Å². The fourth-order valence-corrected chi connectivity index (χ4v) is 0. The van der Waals surface area contributed by atoms with Crippen LogP contribution in [0.15, 0.2) is 0 Å². The minimum Gasteiger partial charge on any atom is -0.418 e. The quantitative estimate of drug-likeness (QED) is 0.226. The predicted octanol–water partition coefficient (Wildman–Crippen LogP) is 2.06. The van der Waals surface area contributed by atoms with E-state index in [-0.39, 0.29) is 0 Å². The maximum atomic E-state index is 9.75. The van der Waals surface area contributed by atoms with Gasteiger partial charge in [-0.25, -0.2) is 0 Å². The van der Waals surface area contributed by atoms with E-state index < -0.39 is 7.25 Å². The molecule has 0 aliphatic carbocycles. The SMILES string of the molecule is F[B-](F)(F)F.SS. The van der Waals surface area contributed by atoms with Crippen LogP contribution in [0.1, 0.15) is 0 Å². The number of hydrogen-bond acceptors (Lipinski definition) is 2. The molecule has 0 aliphatic rings. The average molecular weight is 153 g/mol. The summed E-state index contributed by atoms with van der Waals surface area (Å²) >= 11 is 6.44. The lowest BCUT2D eigenvalue weighted by Gasteiger charge is -1.94. The number of halogens is 4. The fourth-order valence-electron chi connectivity index (χ4n) is 0. The Labute approximate surface area is 48.6 Å². The van der Waals surface area contributed by atoms with Gasteiger partial charge in [0.15, 0.2) is 0 Å². The Morgan fingerprint density at radius 1 is 0.857 bits per heavy atom. The second-order valence-corrected chi connectivity index (χ2v) is 0.495. The summed E-state index contributed by atoms with van der Waals surface area (Å²) < 4.78 is 39.0. The molecule has 0 nitrogen and oxygen atoms in total. The van der Waals surface area contributed by atoms with Gasteiger partial charge in [-0.3, -0.25) is 0 Å². The van der Waals surface area contributed by atoms with E-state index in [0.717, 1.165) is 0 Å². The lowest BCUT2D eigenvalue weighted by Crippen LogP contribution is -2.02. The zero-order valence-electron chi connectivity index (χ0n) is 2.98. The van der Waals surface area contributed by atoms with Gasteiger partial charge in [-0.2, -0.15) is 0 Å². The molecule has 0 bridgehead atoms. The number of thiol groups is 2. The zero-order chi connectivity index (χ0) is 6.50. The summed E-state index contributed by atoms with van der Waals surface area (Å²) in [5.74, 6) is 0. The highest BCUT2D eigenvalue weighted by molar-refractivity contribution is 8.59. The molecular weight excluding hydrogens is 151 g/mol. The van der Waals surface area contributed by atoms with Crippen molar-refractivity contribution in [3.05, 3.63) is 0 Å². The molecule has 0 unspecified atom stereocenters. The topological polar surface area (TPSA) is 0 Å². The first-order chi connectivity index (χ1) is 3.00. The molecule has 0 fully saturated rings. The van der Waals surface area contributed by atoms with Crippen molar-refractivity contribution in [3.63, 3.8) is 0 Å². The van der Waals surface area contributed by atoms with Gasteiger partial charge in [-0.15, -0.1) is 23.3 Å². The van der Waals surface area contributed by atoms with Crippen molar-refractivity contribution < 1.29 is 17.3 Å². The molecule has 7 heteroatoms. The minimum atomic E-state index is -6.00. The summed E-state index contributed by atoms with van der Waals surface area (Å²) in [6, 6.07) is 0. The van der Waals surface area contributed by atoms with Crippen LogP contribution in [-0.2, 0) is 0 Å². The summed E-state index contributed by atoms with van der Waals surface area (Å²) in [7, 11) is -6.00. The van der Waals surface area contributed by atoms with Crippen LogP contribution in [0.25, 0.3) is 0 Å². The highest BCUT2D eigenvalue weighted by Crippen LogP contribution is 2.06. The van der Waals surface area contributed by atoms with Crippen LogP contribution < -0.4 is 0 Å². The second kappa shape index (κ2) is 4.64. The van der Waals surface area contributed by atoms with E-state index in [2.05, 4.69) is 23.3 Å². The van der Waals surface area contributed by atoms with Crippen molar-refractivity contribution in [3.8, 4) is 0 Å². The molecule has 0 amide bonds. The molecule has 0 atom stereocenters. The van der Waals surface area contributed by atoms with Crippen LogP contribution in [0.4, 0.5) is 17.3 Å². The largest absolute Gasteiger partial charge is 0.673 e. The third-order valence-corrected chi connectivity index (χ3v) is 0. The Morgan fingerprint density at radius 3 is 0.857 bits per heavy atom. The van der Waals surface area contributed by atoms with E-state index >= 15 is 0 Å². The van der Waals surface area contributed by atoms with E-state index in [1.54, 1.807) is 0 Å². The second-order valence-electron chi connectivity index (χ2n) is 0.495. The van der Waals surface area contributed by atoms with Gasteiger partial charge in [0, 0.05) is 0 Å². The smallest absolute Gasteiger partial charge is 0.418 e. The molecule has 0 saturated heterocycles. The van der Waals surface area contributed by atoms with Gasteiger partial charge < -0.3 is 17.3 Å². The third-order valence-electron chi connectivity index (χ3n) is 0. The third kappa shape index (κ3) is 555. The maximum absolute atomic E-state index is 9.75. The molecular formula is H2BF4S2-. The first-order valence-corrected chi connectivity index (χ1v) is 2.67. The summed E-state index contributed by atoms with van der Waals surface area (Å²) in [5, 5.41) is 0.